The summed E-state index contributed by atoms with van der Waals surface area (Å²) < 4.78 is 5.64. The number of hydrogen-bond acceptors (Lipinski definition) is 4. The van der Waals surface area contributed by atoms with Gasteiger partial charge in [-0.25, -0.2) is 0 Å². The fourth-order valence-electron chi connectivity index (χ4n) is 2.64. The van der Waals surface area contributed by atoms with Gasteiger partial charge < -0.3 is 14.6 Å². The first kappa shape index (κ1) is 15.5. The molecule has 4 heteroatoms. The lowest BCUT2D eigenvalue weighted by atomic mass is 10.2. The van der Waals surface area contributed by atoms with Crippen LogP contribution >= 0.6 is 0 Å². The Labute approximate surface area is 123 Å². The highest BCUT2D eigenvalue weighted by Gasteiger charge is 2.15. The number of furan rings is 1. The van der Waals surface area contributed by atoms with E-state index in [1.165, 1.54) is 31.6 Å². The second-order valence-corrected chi connectivity index (χ2v) is 6.33. The van der Waals surface area contributed by atoms with Gasteiger partial charge in [0, 0.05) is 25.2 Å². The number of hydrogen-bond donors (Lipinski definition) is 1. The SMILES string of the molecule is CC(C)CNCc1occc1CN1CCCN(C)CC1. The normalized spacial score (nSPS) is 18.6. The first-order chi connectivity index (χ1) is 9.65. The van der Waals surface area contributed by atoms with Crippen LogP contribution in [-0.2, 0) is 13.1 Å². The van der Waals surface area contributed by atoms with Crippen molar-refractivity contribution >= 4 is 0 Å². The van der Waals surface area contributed by atoms with Crippen molar-refractivity contribution < 1.29 is 4.42 Å². The molecule has 2 heterocycles. The van der Waals surface area contributed by atoms with Crippen LogP contribution in [0.5, 0.6) is 0 Å². The maximum atomic E-state index is 5.64. The molecule has 0 atom stereocenters. The molecule has 0 spiro atoms. The zero-order valence-corrected chi connectivity index (χ0v) is 13.2. The maximum Gasteiger partial charge on any atom is 0.122 e. The van der Waals surface area contributed by atoms with E-state index in [0.29, 0.717) is 5.92 Å². The van der Waals surface area contributed by atoms with E-state index < -0.39 is 0 Å². The van der Waals surface area contributed by atoms with Gasteiger partial charge in [-0.05, 0) is 45.1 Å². The molecule has 1 aliphatic heterocycles. The van der Waals surface area contributed by atoms with E-state index in [1.807, 2.05) is 6.26 Å². The molecule has 114 valence electrons. The van der Waals surface area contributed by atoms with Gasteiger partial charge in [0.1, 0.15) is 5.76 Å². The van der Waals surface area contributed by atoms with E-state index in [-0.39, 0.29) is 0 Å². The smallest absolute Gasteiger partial charge is 0.122 e. The van der Waals surface area contributed by atoms with Crippen LogP contribution in [0.25, 0.3) is 0 Å². The van der Waals surface area contributed by atoms with E-state index in [1.54, 1.807) is 0 Å². The Morgan fingerprint density at radius 3 is 2.90 bits per heavy atom. The molecule has 1 N–H and O–H groups in total. The summed E-state index contributed by atoms with van der Waals surface area (Å²) in [7, 11) is 2.21. The molecule has 2 rings (SSSR count). The van der Waals surface area contributed by atoms with Crippen molar-refractivity contribution in [1.29, 1.82) is 0 Å². The molecule has 20 heavy (non-hydrogen) atoms. The van der Waals surface area contributed by atoms with Gasteiger partial charge in [0.2, 0.25) is 0 Å². The zero-order valence-electron chi connectivity index (χ0n) is 13.2. The minimum Gasteiger partial charge on any atom is -0.468 e. The van der Waals surface area contributed by atoms with Crippen molar-refractivity contribution in [1.82, 2.24) is 15.1 Å². The summed E-state index contributed by atoms with van der Waals surface area (Å²) in [5.41, 5.74) is 1.34. The van der Waals surface area contributed by atoms with E-state index >= 15 is 0 Å². The third kappa shape index (κ3) is 4.93. The standard InChI is InChI=1S/C16H29N3O/c1-14(2)11-17-12-16-15(5-10-20-16)13-19-7-4-6-18(3)8-9-19/h5,10,14,17H,4,6-9,11-13H2,1-3H3. The van der Waals surface area contributed by atoms with Crippen LogP contribution < -0.4 is 5.32 Å². The van der Waals surface area contributed by atoms with Crippen LogP contribution in [0.1, 0.15) is 31.6 Å². The van der Waals surface area contributed by atoms with Gasteiger partial charge in [0.05, 0.1) is 12.8 Å². The number of rotatable bonds is 6. The molecule has 1 fully saturated rings. The monoisotopic (exact) mass is 279 g/mol. The summed E-state index contributed by atoms with van der Waals surface area (Å²) in [4.78, 5) is 4.96. The van der Waals surface area contributed by atoms with Gasteiger partial charge in [-0.1, -0.05) is 13.8 Å². The quantitative estimate of drug-likeness (QED) is 0.865. The summed E-state index contributed by atoms with van der Waals surface area (Å²) >= 11 is 0. The van der Waals surface area contributed by atoms with Crippen LogP contribution in [0.4, 0.5) is 0 Å². The predicted octanol–water partition coefficient (Wildman–Crippen LogP) is 2.16. The number of likely N-dealkylation sites (N-methyl/N-ethyl adjacent to an activating group) is 1. The first-order valence-corrected chi connectivity index (χ1v) is 7.82. The van der Waals surface area contributed by atoms with Crippen LogP contribution in [0.15, 0.2) is 16.7 Å². The second-order valence-electron chi connectivity index (χ2n) is 6.33. The van der Waals surface area contributed by atoms with Crippen molar-refractivity contribution in [3.63, 3.8) is 0 Å². The van der Waals surface area contributed by atoms with Crippen molar-refractivity contribution in [2.45, 2.75) is 33.4 Å². The van der Waals surface area contributed by atoms with Gasteiger partial charge in [0.25, 0.3) is 0 Å². The van der Waals surface area contributed by atoms with Crippen molar-refractivity contribution in [2.24, 2.45) is 5.92 Å². The van der Waals surface area contributed by atoms with Gasteiger partial charge in [-0.15, -0.1) is 0 Å². The molecular weight excluding hydrogens is 250 g/mol. The molecule has 0 aliphatic carbocycles. The lowest BCUT2D eigenvalue weighted by Gasteiger charge is -2.20. The molecule has 4 nitrogen and oxygen atoms in total. The third-order valence-corrected chi connectivity index (χ3v) is 3.88. The van der Waals surface area contributed by atoms with Crippen LogP contribution in [0.2, 0.25) is 0 Å². The van der Waals surface area contributed by atoms with Crippen molar-refractivity contribution in [3.8, 4) is 0 Å². The summed E-state index contributed by atoms with van der Waals surface area (Å²) in [6.07, 6.45) is 3.08. The lowest BCUT2D eigenvalue weighted by molar-refractivity contribution is 0.267. The average molecular weight is 279 g/mol. The highest BCUT2D eigenvalue weighted by Crippen LogP contribution is 2.14. The van der Waals surface area contributed by atoms with Crippen molar-refractivity contribution in [2.75, 3.05) is 39.8 Å². The Bertz CT molecular complexity index is 389. The van der Waals surface area contributed by atoms with Gasteiger partial charge >= 0.3 is 0 Å². The Balaban J connectivity index is 1.84. The minimum absolute atomic E-state index is 0.676. The molecular formula is C16H29N3O. The highest BCUT2D eigenvalue weighted by molar-refractivity contribution is 5.17. The fraction of sp³-hybridized carbons (Fsp3) is 0.750. The molecule has 1 aromatic rings. The lowest BCUT2D eigenvalue weighted by Crippen LogP contribution is -2.29. The van der Waals surface area contributed by atoms with Crippen molar-refractivity contribution in [3.05, 3.63) is 23.7 Å². The summed E-state index contributed by atoms with van der Waals surface area (Å²) in [5.74, 6) is 1.78. The Morgan fingerprint density at radius 2 is 2.10 bits per heavy atom. The average Bonchev–Trinajstić information content (AvgIpc) is 2.72. The molecule has 0 aromatic carbocycles. The third-order valence-electron chi connectivity index (χ3n) is 3.88. The Morgan fingerprint density at radius 1 is 1.25 bits per heavy atom. The minimum atomic E-state index is 0.676. The molecule has 0 amide bonds. The second kappa shape index (κ2) is 7.81. The van der Waals surface area contributed by atoms with E-state index in [9.17, 15) is 0 Å². The highest BCUT2D eigenvalue weighted by atomic mass is 16.3. The predicted molar refractivity (Wildman–Crippen MR) is 82.6 cm³/mol. The van der Waals surface area contributed by atoms with Gasteiger partial charge in [-0.2, -0.15) is 0 Å². The topological polar surface area (TPSA) is 31.7 Å². The van der Waals surface area contributed by atoms with Gasteiger partial charge in [0.15, 0.2) is 0 Å². The van der Waals surface area contributed by atoms with Crippen LogP contribution in [0, 0.1) is 5.92 Å². The molecule has 1 aromatic heterocycles. The molecule has 0 bridgehead atoms. The van der Waals surface area contributed by atoms with E-state index in [0.717, 1.165) is 31.9 Å². The maximum absolute atomic E-state index is 5.64. The molecule has 0 radical (unpaired) electrons. The number of nitrogens with zero attached hydrogens (tertiary/aromatic N) is 2. The molecule has 0 unspecified atom stereocenters. The number of nitrogens with one attached hydrogen (secondary N) is 1. The molecule has 1 saturated heterocycles. The van der Waals surface area contributed by atoms with Crippen LogP contribution in [0.3, 0.4) is 0 Å². The first-order valence-electron chi connectivity index (χ1n) is 7.82. The summed E-state index contributed by atoms with van der Waals surface area (Å²) in [6.45, 7) is 12.1. The zero-order chi connectivity index (χ0) is 14.4. The molecule has 0 saturated carbocycles. The fourth-order valence-corrected chi connectivity index (χ4v) is 2.64. The van der Waals surface area contributed by atoms with Crippen LogP contribution in [-0.4, -0.2) is 49.6 Å². The Hall–Kier alpha value is -0.840. The largest absolute Gasteiger partial charge is 0.468 e. The van der Waals surface area contributed by atoms with E-state index in [2.05, 4.69) is 42.1 Å². The Kier molecular flexibility index (Phi) is 6.07. The summed E-state index contributed by atoms with van der Waals surface area (Å²) in [5, 5.41) is 3.46. The van der Waals surface area contributed by atoms with Gasteiger partial charge in [-0.3, -0.25) is 4.90 Å². The van der Waals surface area contributed by atoms with E-state index in [4.69, 9.17) is 4.42 Å². The summed E-state index contributed by atoms with van der Waals surface area (Å²) in [6, 6.07) is 2.13. The molecule has 1 aliphatic rings.